The second-order valence-electron chi connectivity index (χ2n) is 7.25. The highest BCUT2D eigenvalue weighted by atomic mass is 16.2. The van der Waals surface area contributed by atoms with Crippen LogP contribution in [0.25, 0.3) is 0 Å². The highest BCUT2D eigenvalue weighted by molar-refractivity contribution is 5.91. The average molecular weight is 357 g/mol. The minimum absolute atomic E-state index is 0.00142. The molecular weight excluding hydrogens is 320 g/mol. The van der Waals surface area contributed by atoms with Gasteiger partial charge < -0.3 is 21.7 Å². The summed E-state index contributed by atoms with van der Waals surface area (Å²) in [4.78, 5) is 35.9. The summed E-state index contributed by atoms with van der Waals surface area (Å²) in [6.07, 6.45) is 1.96. The van der Waals surface area contributed by atoms with E-state index in [2.05, 4.69) is 22.9 Å². The van der Waals surface area contributed by atoms with E-state index < -0.39 is 12.1 Å². The molecule has 0 radical (unpaired) electrons. The van der Waals surface area contributed by atoms with Crippen molar-refractivity contribution in [2.45, 2.75) is 78.9 Å². The fourth-order valence-corrected chi connectivity index (χ4v) is 2.46. The molecule has 146 valence electrons. The Morgan fingerprint density at radius 1 is 1.04 bits per heavy atom. The number of hydrogen-bond donors (Lipinski definition) is 4. The van der Waals surface area contributed by atoms with Gasteiger partial charge in [0.15, 0.2) is 5.78 Å². The van der Waals surface area contributed by atoms with E-state index >= 15 is 0 Å². The maximum absolute atomic E-state index is 12.7. The van der Waals surface area contributed by atoms with E-state index in [-0.39, 0.29) is 35.6 Å². The first kappa shape index (κ1) is 23.4. The van der Waals surface area contributed by atoms with E-state index in [9.17, 15) is 14.4 Å². The van der Waals surface area contributed by atoms with Crippen molar-refractivity contribution in [2.75, 3.05) is 6.54 Å². The smallest absolute Gasteiger partial charge is 0.312 e. The molecule has 0 aliphatic rings. The molecule has 0 saturated heterocycles. The molecule has 25 heavy (non-hydrogen) atoms. The molecule has 0 spiro atoms. The number of nitrogens with one attached hydrogen (secondary N) is 3. The van der Waals surface area contributed by atoms with Gasteiger partial charge in [0.05, 0.1) is 12.1 Å². The maximum Gasteiger partial charge on any atom is 0.312 e. The van der Waals surface area contributed by atoms with E-state index in [1.807, 2.05) is 34.6 Å². The van der Waals surface area contributed by atoms with Gasteiger partial charge in [0.1, 0.15) is 0 Å². The molecule has 3 atom stereocenters. The molecule has 0 aliphatic heterocycles. The summed E-state index contributed by atoms with van der Waals surface area (Å²) in [7, 11) is 0. The zero-order valence-corrected chi connectivity index (χ0v) is 16.5. The van der Waals surface area contributed by atoms with Crippen LogP contribution < -0.4 is 21.7 Å². The topological polar surface area (TPSA) is 113 Å². The summed E-state index contributed by atoms with van der Waals surface area (Å²) in [5.41, 5.74) is 5.04. The summed E-state index contributed by atoms with van der Waals surface area (Å²) < 4.78 is 0. The number of nitrogens with two attached hydrogens (primary N) is 1. The Balaban J connectivity index is 4.91. The van der Waals surface area contributed by atoms with Gasteiger partial charge in [-0.3, -0.25) is 9.59 Å². The first-order valence-electron chi connectivity index (χ1n) is 9.23. The van der Waals surface area contributed by atoms with Gasteiger partial charge in [0.2, 0.25) is 5.91 Å². The van der Waals surface area contributed by atoms with Crippen LogP contribution in [0.4, 0.5) is 4.79 Å². The summed E-state index contributed by atoms with van der Waals surface area (Å²) in [6.45, 7) is 12.1. The molecule has 0 aromatic heterocycles. The number of carbonyl (C=O) groups is 3. The maximum atomic E-state index is 12.7. The number of ketones is 1. The fourth-order valence-electron chi connectivity index (χ4n) is 2.46. The van der Waals surface area contributed by atoms with Crippen molar-refractivity contribution in [3.05, 3.63) is 0 Å². The normalized spacial score (nSPS) is 14.9. The standard InChI is InChI=1S/C18H36N4O3/c1-7-13(6)21-15(11(2)3)17(24)22-14(16(23)12(4)5)9-8-10-20-18(19)25/h11-15,21H,7-10H2,1-6H3,(H,22,24)(H3,19,20,25)/t13?,14-,15-/m0/s1. The van der Waals surface area contributed by atoms with Crippen LogP contribution in [-0.4, -0.2) is 42.4 Å². The Kier molecular flexibility index (Phi) is 11.1. The molecule has 7 heteroatoms. The highest BCUT2D eigenvalue weighted by Crippen LogP contribution is 2.09. The molecule has 0 rings (SSSR count). The molecule has 0 aliphatic carbocycles. The Labute approximate surface area is 151 Å². The van der Waals surface area contributed by atoms with Crippen LogP contribution in [0.2, 0.25) is 0 Å². The largest absolute Gasteiger partial charge is 0.352 e. The molecule has 0 fully saturated rings. The lowest BCUT2D eigenvalue weighted by molar-refractivity contribution is -0.131. The van der Waals surface area contributed by atoms with Gasteiger partial charge in [-0.15, -0.1) is 0 Å². The van der Waals surface area contributed by atoms with Gasteiger partial charge in [-0.1, -0.05) is 34.6 Å². The Morgan fingerprint density at radius 3 is 2.08 bits per heavy atom. The van der Waals surface area contributed by atoms with E-state index in [0.29, 0.717) is 19.4 Å². The van der Waals surface area contributed by atoms with Crippen molar-refractivity contribution >= 4 is 17.7 Å². The van der Waals surface area contributed by atoms with Crippen LogP contribution in [-0.2, 0) is 9.59 Å². The van der Waals surface area contributed by atoms with Crippen LogP contribution in [0.5, 0.6) is 0 Å². The van der Waals surface area contributed by atoms with Gasteiger partial charge in [0.25, 0.3) is 0 Å². The van der Waals surface area contributed by atoms with Gasteiger partial charge in [-0.25, -0.2) is 4.79 Å². The minimum Gasteiger partial charge on any atom is -0.352 e. The third-order valence-electron chi connectivity index (χ3n) is 4.22. The van der Waals surface area contributed by atoms with Crippen molar-refractivity contribution in [1.29, 1.82) is 0 Å². The number of amides is 3. The third-order valence-corrected chi connectivity index (χ3v) is 4.22. The monoisotopic (exact) mass is 356 g/mol. The third kappa shape index (κ3) is 9.43. The van der Waals surface area contributed by atoms with Crippen molar-refractivity contribution < 1.29 is 14.4 Å². The van der Waals surface area contributed by atoms with Gasteiger partial charge in [0, 0.05) is 18.5 Å². The van der Waals surface area contributed by atoms with Crippen molar-refractivity contribution in [3.8, 4) is 0 Å². The SMILES string of the molecule is CCC(C)N[C@H](C(=O)N[C@@H](CCCNC(N)=O)C(=O)C(C)C)C(C)C. The fraction of sp³-hybridized carbons (Fsp3) is 0.833. The number of urea groups is 1. The van der Waals surface area contributed by atoms with E-state index in [4.69, 9.17) is 5.73 Å². The number of carbonyl (C=O) groups excluding carboxylic acids is 3. The summed E-state index contributed by atoms with van der Waals surface area (Å²) in [5.74, 6) is -0.217. The molecular formula is C18H36N4O3. The summed E-state index contributed by atoms with van der Waals surface area (Å²) in [5, 5.41) is 8.73. The van der Waals surface area contributed by atoms with E-state index in [1.54, 1.807) is 0 Å². The van der Waals surface area contributed by atoms with Crippen LogP contribution in [0.15, 0.2) is 0 Å². The molecule has 5 N–H and O–H groups in total. The molecule has 3 amide bonds. The number of hydrogen-bond acceptors (Lipinski definition) is 4. The molecule has 0 heterocycles. The van der Waals surface area contributed by atoms with E-state index in [0.717, 1.165) is 6.42 Å². The van der Waals surface area contributed by atoms with Crippen LogP contribution in [0.3, 0.4) is 0 Å². The van der Waals surface area contributed by atoms with Crippen LogP contribution in [0.1, 0.15) is 60.8 Å². The zero-order chi connectivity index (χ0) is 19.6. The Morgan fingerprint density at radius 2 is 1.64 bits per heavy atom. The summed E-state index contributed by atoms with van der Waals surface area (Å²) >= 11 is 0. The van der Waals surface area contributed by atoms with Crippen LogP contribution in [0, 0.1) is 11.8 Å². The van der Waals surface area contributed by atoms with Crippen LogP contribution >= 0.6 is 0 Å². The highest BCUT2D eigenvalue weighted by Gasteiger charge is 2.28. The van der Waals surface area contributed by atoms with Gasteiger partial charge in [-0.05, 0) is 32.1 Å². The van der Waals surface area contributed by atoms with Crippen molar-refractivity contribution in [2.24, 2.45) is 17.6 Å². The first-order valence-corrected chi connectivity index (χ1v) is 9.23. The minimum atomic E-state index is -0.589. The van der Waals surface area contributed by atoms with Gasteiger partial charge in [-0.2, -0.15) is 0 Å². The predicted octanol–water partition coefficient (Wildman–Crippen LogP) is 1.56. The van der Waals surface area contributed by atoms with Crippen molar-refractivity contribution in [3.63, 3.8) is 0 Å². The molecule has 0 saturated carbocycles. The molecule has 7 nitrogen and oxygen atoms in total. The zero-order valence-electron chi connectivity index (χ0n) is 16.5. The quantitative estimate of drug-likeness (QED) is 0.397. The summed E-state index contributed by atoms with van der Waals surface area (Å²) in [6, 6.07) is -1.27. The number of primary amides is 1. The Bertz CT molecular complexity index is 438. The lowest BCUT2D eigenvalue weighted by Crippen LogP contribution is -2.54. The lowest BCUT2D eigenvalue weighted by atomic mass is 9.96. The Hall–Kier alpha value is -1.63. The first-order chi connectivity index (χ1) is 11.6. The lowest BCUT2D eigenvalue weighted by Gasteiger charge is -2.28. The van der Waals surface area contributed by atoms with E-state index in [1.165, 1.54) is 0 Å². The van der Waals surface area contributed by atoms with Crippen molar-refractivity contribution in [1.82, 2.24) is 16.0 Å². The van der Waals surface area contributed by atoms with Gasteiger partial charge >= 0.3 is 6.03 Å². The molecule has 0 bridgehead atoms. The second-order valence-corrected chi connectivity index (χ2v) is 7.25. The average Bonchev–Trinajstić information content (AvgIpc) is 2.53. The number of rotatable bonds is 12. The predicted molar refractivity (Wildman–Crippen MR) is 100 cm³/mol. The molecule has 0 aromatic rings. The number of Topliss-reactive ketones (excluding diaryl/α,β-unsaturated/α-hetero) is 1. The second kappa shape index (κ2) is 11.8. The molecule has 0 aromatic carbocycles. The molecule has 1 unspecified atom stereocenters.